The van der Waals surface area contributed by atoms with Gasteiger partial charge in [-0.05, 0) is 77.0 Å². The molecule has 3 unspecified atom stereocenters. The number of aryl methyl sites for hydroxylation is 1. The van der Waals surface area contributed by atoms with Gasteiger partial charge in [0, 0.05) is 17.9 Å². The first-order chi connectivity index (χ1) is 15.0. The second-order valence-corrected chi connectivity index (χ2v) is 10.2. The van der Waals surface area contributed by atoms with E-state index in [1.54, 1.807) is 0 Å². The molecule has 31 heavy (non-hydrogen) atoms. The van der Waals surface area contributed by atoms with Gasteiger partial charge in [-0.15, -0.1) is 0 Å². The van der Waals surface area contributed by atoms with E-state index in [1.165, 1.54) is 68.6 Å². The maximum absolute atomic E-state index is 6.66. The fraction of sp³-hybridized carbons (Fsp3) is 0.630. The number of likely N-dealkylation sites (tertiary alicyclic amines) is 2. The molecule has 1 aliphatic carbocycles. The Morgan fingerprint density at radius 3 is 2.29 bits per heavy atom. The predicted octanol–water partition coefficient (Wildman–Crippen LogP) is 4.50. The van der Waals surface area contributed by atoms with Gasteiger partial charge in [0.2, 0.25) is 0 Å². The zero-order valence-electron chi connectivity index (χ0n) is 19.4. The monoisotopic (exact) mass is 422 g/mol. The molecule has 3 fully saturated rings. The molecule has 0 spiro atoms. The van der Waals surface area contributed by atoms with Crippen LogP contribution in [0, 0.1) is 18.8 Å². The molecule has 1 aromatic carbocycles. The lowest BCUT2D eigenvalue weighted by atomic mass is 9.88. The highest BCUT2D eigenvalue weighted by Gasteiger charge is 2.55. The van der Waals surface area contributed by atoms with Crippen LogP contribution in [0.4, 0.5) is 0 Å². The molecule has 3 saturated heterocycles. The Labute approximate surface area is 187 Å². The first kappa shape index (κ1) is 21.4. The standard InChI is InChI=1S/C27H38N2O2/c1-20-4-6-22(7-5-20)23-8-9-26(21(2)18-23)31-27(19-30-27)24-10-16-29(17-11-24)25-12-14-28(3)15-13-25/h4-9,18,21,24-26H,10-17,19H2,1-3H3. The SMILES string of the molecule is Cc1ccc(C2=CC(C)C(OC3(C4CCN(C5CCN(C)CC5)CC4)CO3)C=C2)cc1. The van der Waals surface area contributed by atoms with Crippen LogP contribution < -0.4 is 0 Å². The van der Waals surface area contributed by atoms with Crippen molar-refractivity contribution in [2.24, 2.45) is 11.8 Å². The van der Waals surface area contributed by atoms with Gasteiger partial charge in [-0.25, -0.2) is 0 Å². The lowest BCUT2D eigenvalue weighted by molar-refractivity contribution is -0.129. The largest absolute Gasteiger partial charge is 0.342 e. The van der Waals surface area contributed by atoms with Crippen LogP contribution in [0.25, 0.3) is 5.57 Å². The van der Waals surface area contributed by atoms with E-state index in [4.69, 9.17) is 9.47 Å². The molecular weight excluding hydrogens is 384 g/mol. The molecule has 3 aliphatic heterocycles. The highest BCUT2D eigenvalue weighted by molar-refractivity contribution is 5.75. The molecular formula is C27H38N2O2. The summed E-state index contributed by atoms with van der Waals surface area (Å²) in [5, 5.41) is 0. The maximum atomic E-state index is 6.66. The van der Waals surface area contributed by atoms with Gasteiger partial charge in [0.05, 0.1) is 6.10 Å². The van der Waals surface area contributed by atoms with Crippen molar-refractivity contribution in [3.63, 3.8) is 0 Å². The van der Waals surface area contributed by atoms with E-state index in [0.29, 0.717) is 11.8 Å². The molecule has 0 aromatic heterocycles. The van der Waals surface area contributed by atoms with Crippen LogP contribution in [-0.2, 0) is 9.47 Å². The zero-order chi connectivity index (χ0) is 21.4. The summed E-state index contributed by atoms with van der Waals surface area (Å²) in [6.07, 6.45) is 12.0. The fourth-order valence-electron chi connectivity index (χ4n) is 5.66. The average Bonchev–Trinajstić information content (AvgIpc) is 3.57. The normalized spacial score (nSPS) is 33.5. The number of nitrogens with zero attached hydrogens (tertiary/aromatic N) is 2. The molecule has 3 atom stereocenters. The Balaban J connectivity index is 1.16. The van der Waals surface area contributed by atoms with E-state index in [1.807, 2.05) is 0 Å². The molecule has 4 heteroatoms. The fourth-order valence-corrected chi connectivity index (χ4v) is 5.66. The van der Waals surface area contributed by atoms with Crippen LogP contribution in [0.3, 0.4) is 0 Å². The number of epoxide rings is 1. The van der Waals surface area contributed by atoms with Gasteiger partial charge in [0.15, 0.2) is 5.79 Å². The minimum Gasteiger partial charge on any atom is -0.342 e. The molecule has 0 saturated carbocycles. The van der Waals surface area contributed by atoms with Gasteiger partial charge in [0.1, 0.15) is 6.61 Å². The lowest BCUT2D eigenvalue weighted by Gasteiger charge is -2.42. The van der Waals surface area contributed by atoms with Crippen molar-refractivity contribution < 1.29 is 9.47 Å². The maximum Gasteiger partial charge on any atom is 0.195 e. The molecule has 0 N–H and O–H groups in total. The predicted molar refractivity (Wildman–Crippen MR) is 126 cm³/mol. The Morgan fingerprint density at radius 2 is 1.68 bits per heavy atom. The third kappa shape index (κ3) is 4.68. The number of hydrogen-bond donors (Lipinski definition) is 0. The van der Waals surface area contributed by atoms with Crippen LogP contribution in [0.1, 0.15) is 43.7 Å². The Kier molecular flexibility index (Phi) is 6.09. The first-order valence-electron chi connectivity index (χ1n) is 12.2. The molecule has 0 bridgehead atoms. The summed E-state index contributed by atoms with van der Waals surface area (Å²) in [7, 11) is 2.24. The lowest BCUT2D eigenvalue weighted by Crippen LogP contribution is -2.49. The van der Waals surface area contributed by atoms with Gasteiger partial charge < -0.3 is 19.3 Å². The van der Waals surface area contributed by atoms with Gasteiger partial charge in [-0.2, -0.15) is 0 Å². The van der Waals surface area contributed by atoms with Crippen molar-refractivity contribution in [1.29, 1.82) is 0 Å². The van der Waals surface area contributed by atoms with Gasteiger partial charge in [-0.3, -0.25) is 0 Å². The van der Waals surface area contributed by atoms with Crippen molar-refractivity contribution >= 4 is 5.57 Å². The van der Waals surface area contributed by atoms with Crippen molar-refractivity contribution in [2.75, 3.05) is 39.8 Å². The van der Waals surface area contributed by atoms with Crippen molar-refractivity contribution in [2.45, 2.75) is 57.5 Å². The number of rotatable bonds is 5. The summed E-state index contributed by atoms with van der Waals surface area (Å²) < 4.78 is 12.7. The number of piperidine rings is 2. The van der Waals surface area contributed by atoms with Crippen LogP contribution >= 0.6 is 0 Å². The topological polar surface area (TPSA) is 28.2 Å². The van der Waals surface area contributed by atoms with Crippen LogP contribution in [0.15, 0.2) is 42.5 Å². The molecule has 3 heterocycles. The molecule has 5 rings (SSSR count). The summed E-state index contributed by atoms with van der Waals surface area (Å²) in [6.45, 7) is 10.0. The van der Waals surface area contributed by atoms with E-state index in [2.05, 4.69) is 73.2 Å². The highest BCUT2D eigenvalue weighted by Crippen LogP contribution is 2.45. The molecule has 168 valence electrons. The third-order valence-corrected chi connectivity index (χ3v) is 7.93. The molecule has 0 radical (unpaired) electrons. The Hall–Kier alpha value is -1.46. The van der Waals surface area contributed by atoms with E-state index in [9.17, 15) is 0 Å². The number of hydrogen-bond acceptors (Lipinski definition) is 4. The van der Waals surface area contributed by atoms with E-state index in [0.717, 1.165) is 12.6 Å². The summed E-state index contributed by atoms with van der Waals surface area (Å²) in [4.78, 5) is 5.20. The van der Waals surface area contributed by atoms with E-state index in [-0.39, 0.29) is 11.9 Å². The summed E-state index contributed by atoms with van der Waals surface area (Å²) in [6, 6.07) is 9.57. The second kappa shape index (κ2) is 8.82. The average molecular weight is 423 g/mol. The van der Waals surface area contributed by atoms with Crippen LogP contribution in [-0.4, -0.2) is 67.6 Å². The van der Waals surface area contributed by atoms with Crippen molar-refractivity contribution in [3.05, 3.63) is 53.6 Å². The van der Waals surface area contributed by atoms with E-state index < -0.39 is 0 Å². The molecule has 0 amide bonds. The van der Waals surface area contributed by atoms with Crippen LogP contribution in [0.2, 0.25) is 0 Å². The molecule has 4 aliphatic rings. The summed E-state index contributed by atoms with van der Waals surface area (Å²) >= 11 is 0. The Bertz CT molecular complexity index is 810. The molecule has 1 aromatic rings. The van der Waals surface area contributed by atoms with Crippen LogP contribution in [0.5, 0.6) is 0 Å². The first-order valence-corrected chi connectivity index (χ1v) is 12.2. The summed E-state index contributed by atoms with van der Waals surface area (Å²) in [5.41, 5.74) is 3.88. The van der Waals surface area contributed by atoms with Gasteiger partial charge in [0.25, 0.3) is 0 Å². The zero-order valence-corrected chi connectivity index (χ0v) is 19.4. The van der Waals surface area contributed by atoms with E-state index >= 15 is 0 Å². The quantitative estimate of drug-likeness (QED) is 0.653. The van der Waals surface area contributed by atoms with Crippen molar-refractivity contribution in [1.82, 2.24) is 9.80 Å². The Morgan fingerprint density at radius 1 is 1.00 bits per heavy atom. The minimum absolute atomic E-state index is 0.101. The van der Waals surface area contributed by atoms with Crippen molar-refractivity contribution in [3.8, 4) is 0 Å². The summed E-state index contributed by atoms with van der Waals surface area (Å²) in [5.74, 6) is 0.539. The minimum atomic E-state index is -0.336. The van der Waals surface area contributed by atoms with Gasteiger partial charge >= 0.3 is 0 Å². The third-order valence-electron chi connectivity index (χ3n) is 7.93. The molecule has 4 nitrogen and oxygen atoms in total. The highest BCUT2D eigenvalue weighted by atomic mass is 16.8. The number of ether oxygens (including phenoxy) is 2. The second-order valence-electron chi connectivity index (χ2n) is 10.2. The smallest absolute Gasteiger partial charge is 0.195 e. The number of allylic oxidation sites excluding steroid dienone is 2. The number of benzene rings is 1. The van der Waals surface area contributed by atoms with Gasteiger partial charge in [-0.1, -0.05) is 55.0 Å².